The summed E-state index contributed by atoms with van der Waals surface area (Å²) in [4.78, 5) is 15.3. The average molecular weight is 407 g/mol. The van der Waals surface area contributed by atoms with Crippen LogP contribution in [0.1, 0.15) is 27.8 Å². The van der Waals surface area contributed by atoms with E-state index in [9.17, 15) is 4.79 Å². The first-order valence-electron chi connectivity index (χ1n) is 10.4. The Bertz CT molecular complexity index is 1430. The number of furan rings is 1. The van der Waals surface area contributed by atoms with Gasteiger partial charge < -0.3 is 19.2 Å². The maximum atomic E-state index is 13.4. The van der Waals surface area contributed by atoms with Crippen LogP contribution in [0.4, 0.5) is 5.69 Å². The summed E-state index contributed by atoms with van der Waals surface area (Å²) in [6.45, 7) is 0.394. The standard InChI is InChI=1S/C26H21N3O2/c1-28-23-11-5-3-8-19(23)21-15-17(12-13-24(21)28)25-27-22-10-4-2-9-20(22)26(30)29(25)16-18-7-6-14-31-18/h2-15,25,27H,16H2,1H3/t25-/m1/s1. The maximum absolute atomic E-state index is 13.4. The quantitative estimate of drug-likeness (QED) is 0.418. The molecule has 1 aliphatic rings. The van der Waals surface area contributed by atoms with Gasteiger partial charge in [-0.1, -0.05) is 36.4 Å². The summed E-state index contributed by atoms with van der Waals surface area (Å²) in [5.41, 5.74) is 4.94. The normalized spacial score (nSPS) is 16.0. The van der Waals surface area contributed by atoms with E-state index in [0.29, 0.717) is 12.1 Å². The molecule has 0 unspecified atom stereocenters. The molecule has 5 heteroatoms. The van der Waals surface area contributed by atoms with Gasteiger partial charge in [-0.3, -0.25) is 4.79 Å². The van der Waals surface area contributed by atoms with Gasteiger partial charge in [0, 0.05) is 34.5 Å². The largest absolute Gasteiger partial charge is 0.467 e. The molecular formula is C26H21N3O2. The van der Waals surface area contributed by atoms with E-state index >= 15 is 0 Å². The molecule has 1 amide bonds. The molecule has 31 heavy (non-hydrogen) atoms. The molecule has 0 fully saturated rings. The number of amides is 1. The lowest BCUT2D eigenvalue weighted by Crippen LogP contribution is -2.42. The molecule has 0 saturated carbocycles. The predicted octanol–water partition coefficient (Wildman–Crippen LogP) is 5.69. The second kappa shape index (κ2) is 6.77. The lowest BCUT2D eigenvalue weighted by molar-refractivity contribution is 0.0651. The molecule has 1 atom stereocenters. The summed E-state index contributed by atoms with van der Waals surface area (Å²) in [7, 11) is 2.09. The summed E-state index contributed by atoms with van der Waals surface area (Å²) >= 11 is 0. The van der Waals surface area contributed by atoms with Crippen molar-refractivity contribution in [3.05, 3.63) is 102 Å². The number of hydrogen-bond donors (Lipinski definition) is 1. The molecule has 1 aliphatic heterocycles. The van der Waals surface area contributed by atoms with Crippen LogP contribution in [-0.4, -0.2) is 15.4 Å². The first-order valence-corrected chi connectivity index (χ1v) is 10.4. The van der Waals surface area contributed by atoms with Crippen LogP contribution < -0.4 is 5.32 Å². The number of aryl methyl sites for hydroxylation is 1. The summed E-state index contributed by atoms with van der Waals surface area (Å²) in [5, 5.41) is 5.97. The molecule has 5 aromatic rings. The molecule has 5 nitrogen and oxygen atoms in total. The Morgan fingerprint density at radius 1 is 0.903 bits per heavy atom. The van der Waals surface area contributed by atoms with Gasteiger partial charge in [0.15, 0.2) is 0 Å². The van der Waals surface area contributed by atoms with Gasteiger partial charge in [0.25, 0.3) is 5.91 Å². The summed E-state index contributed by atoms with van der Waals surface area (Å²) < 4.78 is 7.78. The van der Waals surface area contributed by atoms with Gasteiger partial charge in [0.1, 0.15) is 11.9 Å². The fraction of sp³-hybridized carbons (Fsp3) is 0.115. The molecule has 0 aliphatic carbocycles. The summed E-state index contributed by atoms with van der Waals surface area (Å²) in [6, 6.07) is 26.3. The van der Waals surface area contributed by atoms with E-state index in [0.717, 1.165) is 17.0 Å². The molecule has 0 spiro atoms. The molecular weight excluding hydrogens is 386 g/mol. The monoisotopic (exact) mass is 407 g/mol. The van der Waals surface area contributed by atoms with Gasteiger partial charge >= 0.3 is 0 Å². The first-order chi connectivity index (χ1) is 15.2. The molecule has 6 rings (SSSR count). The molecule has 1 N–H and O–H groups in total. The Morgan fingerprint density at radius 3 is 2.58 bits per heavy atom. The van der Waals surface area contributed by atoms with Crippen molar-refractivity contribution in [2.75, 3.05) is 5.32 Å². The van der Waals surface area contributed by atoms with Gasteiger partial charge in [0.2, 0.25) is 0 Å². The lowest BCUT2D eigenvalue weighted by Gasteiger charge is -2.37. The number of para-hydroxylation sites is 2. The van der Waals surface area contributed by atoms with Gasteiger partial charge in [-0.15, -0.1) is 0 Å². The minimum atomic E-state index is -0.295. The van der Waals surface area contributed by atoms with Crippen LogP contribution in [0.3, 0.4) is 0 Å². The van der Waals surface area contributed by atoms with E-state index in [1.165, 1.54) is 21.8 Å². The van der Waals surface area contributed by atoms with E-state index < -0.39 is 0 Å². The van der Waals surface area contributed by atoms with E-state index in [4.69, 9.17) is 4.42 Å². The molecule has 3 heterocycles. The van der Waals surface area contributed by atoms with E-state index in [1.807, 2.05) is 41.3 Å². The highest BCUT2D eigenvalue weighted by molar-refractivity contribution is 6.08. The molecule has 0 bridgehead atoms. The van der Waals surface area contributed by atoms with Crippen molar-refractivity contribution in [2.24, 2.45) is 7.05 Å². The number of nitrogens with zero attached hydrogens (tertiary/aromatic N) is 2. The fourth-order valence-electron chi connectivity index (χ4n) is 4.65. The Balaban J connectivity index is 1.51. The Labute approximate surface area is 179 Å². The van der Waals surface area contributed by atoms with Crippen LogP contribution in [0.25, 0.3) is 21.8 Å². The third-order valence-corrected chi connectivity index (χ3v) is 6.18. The number of carbonyl (C=O) groups is 1. The van der Waals surface area contributed by atoms with E-state index in [2.05, 4.69) is 59.4 Å². The van der Waals surface area contributed by atoms with Crippen LogP contribution in [-0.2, 0) is 13.6 Å². The number of anilines is 1. The highest BCUT2D eigenvalue weighted by Crippen LogP contribution is 2.37. The van der Waals surface area contributed by atoms with Crippen LogP contribution in [0.15, 0.2) is 89.5 Å². The van der Waals surface area contributed by atoms with Crippen molar-refractivity contribution in [3.8, 4) is 0 Å². The second-order valence-corrected chi connectivity index (χ2v) is 7.96. The number of rotatable bonds is 3. The first kappa shape index (κ1) is 17.8. The SMILES string of the molecule is Cn1c2ccccc2c2cc([C@@H]3Nc4ccccc4C(=O)N3Cc3ccco3)ccc21. The van der Waals surface area contributed by atoms with Crippen molar-refractivity contribution < 1.29 is 9.21 Å². The minimum Gasteiger partial charge on any atom is -0.467 e. The van der Waals surface area contributed by atoms with Gasteiger partial charge in [-0.2, -0.15) is 0 Å². The highest BCUT2D eigenvalue weighted by atomic mass is 16.3. The van der Waals surface area contributed by atoms with Crippen molar-refractivity contribution >= 4 is 33.4 Å². The third kappa shape index (κ3) is 2.74. The summed E-state index contributed by atoms with van der Waals surface area (Å²) in [6.07, 6.45) is 1.35. The summed E-state index contributed by atoms with van der Waals surface area (Å²) in [5.74, 6) is 0.750. The Hall–Kier alpha value is -3.99. The topological polar surface area (TPSA) is 50.4 Å². The zero-order valence-electron chi connectivity index (χ0n) is 17.1. The molecule has 0 radical (unpaired) electrons. The number of carbonyl (C=O) groups excluding carboxylic acids is 1. The predicted molar refractivity (Wildman–Crippen MR) is 122 cm³/mol. The fourth-order valence-corrected chi connectivity index (χ4v) is 4.65. The Morgan fingerprint density at radius 2 is 1.71 bits per heavy atom. The highest BCUT2D eigenvalue weighted by Gasteiger charge is 2.33. The number of benzene rings is 3. The second-order valence-electron chi connectivity index (χ2n) is 7.96. The van der Waals surface area contributed by atoms with Crippen molar-refractivity contribution in [1.29, 1.82) is 0 Å². The van der Waals surface area contributed by atoms with Crippen LogP contribution in [0.2, 0.25) is 0 Å². The zero-order valence-corrected chi connectivity index (χ0v) is 17.1. The van der Waals surface area contributed by atoms with Crippen LogP contribution in [0, 0.1) is 0 Å². The molecule has 152 valence electrons. The van der Waals surface area contributed by atoms with Crippen molar-refractivity contribution in [3.63, 3.8) is 0 Å². The van der Waals surface area contributed by atoms with Crippen LogP contribution in [0.5, 0.6) is 0 Å². The number of aromatic nitrogens is 1. The average Bonchev–Trinajstić information content (AvgIpc) is 3.42. The lowest BCUT2D eigenvalue weighted by atomic mass is 10.0. The maximum Gasteiger partial charge on any atom is 0.258 e. The zero-order chi connectivity index (χ0) is 20.9. The number of fused-ring (bicyclic) bond motifs is 4. The van der Waals surface area contributed by atoms with Crippen LogP contribution >= 0.6 is 0 Å². The number of nitrogens with one attached hydrogen (secondary N) is 1. The van der Waals surface area contributed by atoms with E-state index in [1.54, 1.807) is 6.26 Å². The smallest absolute Gasteiger partial charge is 0.258 e. The van der Waals surface area contributed by atoms with Gasteiger partial charge in [-0.05, 0) is 48.0 Å². The van der Waals surface area contributed by atoms with E-state index in [-0.39, 0.29) is 12.1 Å². The van der Waals surface area contributed by atoms with Gasteiger partial charge in [-0.25, -0.2) is 0 Å². The molecule has 3 aromatic carbocycles. The Kier molecular flexibility index (Phi) is 3.90. The molecule has 2 aromatic heterocycles. The minimum absolute atomic E-state index is 0.00577. The molecule has 0 saturated heterocycles. The van der Waals surface area contributed by atoms with Crippen molar-refractivity contribution in [2.45, 2.75) is 12.7 Å². The third-order valence-electron chi connectivity index (χ3n) is 6.18. The number of hydrogen-bond acceptors (Lipinski definition) is 3. The van der Waals surface area contributed by atoms with Crippen molar-refractivity contribution in [1.82, 2.24) is 9.47 Å². The van der Waals surface area contributed by atoms with Gasteiger partial charge in [0.05, 0.1) is 18.4 Å².